The number of rotatable bonds is 4. The van der Waals surface area contributed by atoms with Crippen molar-refractivity contribution in [3.05, 3.63) is 40.2 Å². The van der Waals surface area contributed by atoms with Gasteiger partial charge in [0.05, 0.1) is 11.6 Å². The molecule has 94 valence electrons. The Morgan fingerprint density at radius 2 is 2.11 bits per heavy atom. The van der Waals surface area contributed by atoms with Crippen molar-refractivity contribution < 1.29 is 14.9 Å². The molecule has 1 unspecified atom stereocenters. The van der Waals surface area contributed by atoms with Crippen LogP contribution in [-0.2, 0) is 4.79 Å². The Morgan fingerprint density at radius 3 is 2.50 bits per heavy atom. The largest absolute Gasteiger partial charge is 0.737 e. The summed E-state index contributed by atoms with van der Waals surface area (Å²) in [5, 5.41) is 41.8. The summed E-state index contributed by atoms with van der Waals surface area (Å²) in [7, 11) is 0. The Kier molecular flexibility index (Phi) is 4.04. The van der Waals surface area contributed by atoms with Gasteiger partial charge in [0.1, 0.15) is 5.69 Å². The number of carboxylic acids is 1. The molecule has 1 rings (SSSR count). The number of nitrogens with zero attached hydrogens (tertiary/aromatic N) is 4. The first kappa shape index (κ1) is 13.2. The van der Waals surface area contributed by atoms with E-state index >= 15 is 0 Å². The highest BCUT2D eigenvalue weighted by Crippen LogP contribution is 2.18. The number of nitriles is 1. The Morgan fingerprint density at radius 1 is 1.56 bits per heavy atom. The van der Waals surface area contributed by atoms with Crippen molar-refractivity contribution in [2.45, 2.75) is 13.0 Å². The van der Waals surface area contributed by atoms with Gasteiger partial charge in [-0.2, -0.15) is 5.26 Å². The standard InChI is InChI=1S/C10H10N4O4/c1-7(10(15)16)13(14(18)12-17)9-4-2-8(6-11)3-5-9/h2-5,7,17H,1H3,(H,15,16)/p-1/b14-12-. The molecule has 0 heterocycles. The Hall–Kier alpha value is -2.82. The van der Waals surface area contributed by atoms with Gasteiger partial charge in [0.2, 0.25) is 0 Å². The third kappa shape index (κ3) is 2.65. The second-order valence-electron chi connectivity index (χ2n) is 3.35. The van der Waals surface area contributed by atoms with Crippen LogP contribution < -0.4 is 5.01 Å². The molecule has 1 aromatic carbocycles. The van der Waals surface area contributed by atoms with Crippen LogP contribution in [0.1, 0.15) is 12.5 Å². The van der Waals surface area contributed by atoms with E-state index in [0.717, 1.165) is 0 Å². The van der Waals surface area contributed by atoms with Crippen LogP contribution in [0.2, 0.25) is 0 Å². The molecule has 1 N–H and O–H groups in total. The predicted octanol–water partition coefficient (Wildman–Crippen LogP) is 1.21. The topological polar surface area (TPSA) is 126 Å². The van der Waals surface area contributed by atoms with E-state index in [1.165, 1.54) is 31.2 Å². The molecule has 0 aromatic heterocycles. The highest BCUT2D eigenvalue weighted by molar-refractivity contribution is 5.76. The number of hydrogen-bond acceptors (Lipinski definition) is 5. The van der Waals surface area contributed by atoms with Gasteiger partial charge in [-0.1, -0.05) is 0 Å². The van der Waals surface area contributed by atoms with E-state index in [1.807, 2.05) is 6.07 Å². The molecule has 0 bridgehead atoms. The molecule has 8 nitrogen and oxygen atoms in total. The molecule has 1 atom stereocenters. The zero-order valence-electron chi connectivity index (χ0n) is 9.35. The summed E-state index contributed by atoms with van der Waals surface area (Å²) in [6.45, 7) is 1.23. The van der Waals surface area contributed by atoms with Crippen LogP contribution in [0.4, 0.5) is 5.69 Å². The first-order valence-electron chi connectivity index (χ1n) is 4.84. The lowest BCUT2D eigenvalue weighted by Gasteiger charge is -2.22. The van der Waals surface area contributed by atoms with Crippen molar-refractivity contribution >= 4 is 11.7 Å². The third-order valence-electron chi connectivity index (χ3n) is 2.24. The number of benzene rings is 1. The summed E-state index contributed by atoms with van der Waals surface area (Å²) in [6, 6.07) is 6.11. The predicted molar refractivity (Wildman–Crippen MR) is 60.2 cm³/mol. The second kappa shape index (κ2) is 5.49. The summed E-state index contributed by atoms with van der Waals surface area (Å²) >= 11 is 0. The number of carboxylic acid groups (broad SMARTS) is 1. The normalized spacial score (nSPS) is 12.6. The Bertz CT molecular complexity index is 506. The Labute approximate surface area is 102 Å². The maximum absolute atomic E-state index is 11.2. The molecule has 8 heteroatoms. The van der Waals surface area contributed by atoms with E-state index < -0.39 is 12.0 Å². The maximum atomic E-state index is 11.2. The molecule has 0 spiro atoms. The zero-order chi connectivity index (χ0) is 13.7. The molecule has 0 amide bonds. The van der Waals surface area contributed by atoms with E-state index in [0.29, 0.717) is 10.6 Å². The van der Waals surface area contributed by atoms with Crippen molar-refractivity contribution in [3.8, 4) is 6.07 Å². The summed E-state index contributed by atoms with van der Waals surface area (Å²) in [5.74, 6) is -1.29. The average molecular weight is 249 g/mol. The van der Waals surface area contributed by atoms with Gasteiger partial charge < -0.3 is 15.5 Å². The quantitative estimate of drug-likeness (QED) is 0.485. The molecule has 0 aliphatic carbocycles. The van der Waals surface area contributed by atoms with Gasteiger partial charge in [0.15, 0.2) is 6.04 Å². The van der Waals surface area contributed by atoms with Crippen LogP contribution in [0.5, 0.6) is 0 Å². The van der Waals surface area contributed by atoms with Crippen LogP contribution in [0.3, 0.4) is 0 Å². The van der Waals surface area contributed by atoms with Crippen LogP contribution in [0, 0.1) is 21.7 Å². The van der Waals surface area contributed by atoms with Crippen molar-refractivity contribution in [3.63, 3.8) is 0 Å². The van der Waals surface area contributed by atoms with Gasteiger partial charge in [-0.15, -0.1) is 5.01 Å². The fourth-order valence-electron chi connectivity index (χ4n) is 1.30. The fraction of sp³-hybridized carbons (Fsp3) is 0.200. The van der Waals surface area contributed by atoms with E-state index in [-0.39, 0.29) is 10.7 Å². The lowest BCUT2D eigenvalue weighted by Crippen LogP contribution is -2.43. The van der Waals surface area contributed by atoms with Crippen LogP contribution in [-0.4, -0.2) is 22.1 Å². The van der Waals surface area contributed by atoms with Gasteiger partial charge in [-0.05, 0) is 36.5 Å². The van der Waals surface area contributed by atoms with Crippen molar-refractivity contribution in [2.24, 2.45) is 5.28 Å². The van der Waals surface area contributed by atoms with E-state index in [1.54, 1.807) is 0 Å². The highest BCUT2D eigenvalue weighted by atomic mass is 16.6. The zero-order valence-corrected chi connectivity index (χ0v) is 9.35. The fourth-order valence-corrected chi connectivity index (χ4v) is 1.30. The van der Waals surface area contributed by atoms with Crippen LogP contribution in [0.15, 0.2) is 29.5 Å². The highest BCUT2D eigenvalue weighted by Gasteiger charge is 2.28. The molecular formula is C10H9N4O4-. The van der Waals surface area contributed by atoms with Crippen LogP contribution in [0.25, 0.3) is 0 Å². The Balaban J connectivity index is 3.18. The van der Waals surface area contributed by atoms with Gasteiger partial charge in [-0.25, -0.2) is 4.79 Å². The van der Waals surface area contributed by atoms with Crippen LogP contribution >= 0.6 is 0 Å². The summed E-state index contributed by atoms with van der Waals surface area (Å²) < 4.78 is 0. The smallest absolute Gasteiger partial charge is 0.332 e. The SMILES string of the molecule is CC(C(=O)O)N(c1ccc(C#N)cc1)/[N+]([O-])=N/[O-]. The molecule has 0 saturated carbocycles. The van der Waals surface area contributed by atoms with Crippen molar-refractivity contribution in [1.82, 2.24) is 0 Å². The number of carbonyl (C=O) groups is 1. The number of hydrazine groups is 1. The molecule has 0 aliphatic rings. The van der Waals surface area contributed by atoms with Gasteiger partial charge in [-0.3, -0.25) is 0 Å². The third-order valence-corrected chi connectivity index (χ3v) is 2.24. The van der Waals surface area contributed by atoms with Gasteiger partial charge in [0, 0.05) is 4.97 Å². The lowest BCUT2D eigenvalue weighted by atomic mass is 10.2. The maximum Gasteiger partial charge on any atom is 0.332 e. The second-order valence-corrected chi connectivity index (χ2v) is 3.35. The molecule has 18 heavy (non-hydrogen) atoms. The van der Waals surface area contributed by atoms with Crippen molar-refractivity contribution in [2.75, 3.05) is 5.01 Å². The number of anilines is 1. The minimum Gasteiger partial charge on any atom is -0.737 e. The molecule has 0 aliphatic heterocycles. The van der Waals surface area contributed by atoms with Crippen molar-refractivity contribution in [1.29, 1.82) is 5.26 Å². The average Bonchev–Trinajstić information content (AvgIpc) is 2.39. The summed E-state index contributed by atoms with van der Waals surface area (Å²) in [4.78, 5) is 10.5. The summed E-state index contributed by atoms with van der Waals surface area (Å²) in [6.07, 6.45) is 0. The molecule has 0 saturated heterocycles. The first-order valence-corrected chi connectivity index (χ1v) is 4.84. The van der Waals surface area contributed by atoms with E-state index in [4.69, 9.17) is 10.4 Å². The number of hydrogen-bond donors (Lipinski definition) is 1. The summed E-state index contributed by atoms with van der Waals surface area (Å²) in [5.41, 5.74) is 0.497. The molecule has 1 aromatic rings. The lowest BCUT2D eigenvalue weighted by molar-refractivity contribution is -0.542. The molecule has 0 radical (unpaired) electrons. The van der Waals surface area contributed by atoms with Gasteiger partial charge >= 0.3 is 5.97 Å². The first-order chi connectivity index (χ1) is 8.51. The minimum absolute atomic E-state index is 0.151. The van der Waals surface area contributed by atoms with E-state index in [9.17, 15) is 15.2 Å². The minimum atomic E-state index is -1.29. The number of aliphatic carboxylic acids is 1. The van der Waals surface area contributed by atoms with Gasteiger partial charge in [0.25, 0.3) is 0 Å². The monoisotopic (exact) mass is 249 g/mol. The van der Waals surface area contributed by atoms with E-state index in [2.05, 4.69) is 5.28 Å². The molecular weight excluding hydrogens is 240 g/mol. The molecule has 0 fully saturated rings.